The molecule has 118 valence electrons. The van der Waals surface area contributed by atoms with E-state index in [0.717, 1.165) is 5.69 Å². The third-order valence-corrected chi connectivity index (χ3v) is 3.53. The van der Waals surface area contributed by atoms with Gasteiger partial charge in [-0.1, -0.05) is 6.92 Å². The van der Waals surface area contributed by atoms with Crippen LogP contribution in [-0.2, 0) is 16.6 Å². The van der Waals surface area contributed by atoms with Crippen molar-refractivity contribution in [3.8, 4) is 5.75 Å². The van der Waals surface area contributed by atoms with Crippen molar-refractivity contribution >= 4 is 11.9 Å². The Morgan fingerprint density at radius 1 is 1.43 bits per heavy atom. The third kappa shape index (κ3) is 4.21. The number of hydrogen-bond donors (Lipinski definition) is 1. The molecule has 0 spiro atoms. The molecule has 0 fully saturated rings. The van der Waals surface area contributed by atoms with E-state index in [9.17, 15) is 9.59 Å². The van der Waals surface area contributed by atoms with Crippen LogP contribution in [0.3, 0.4) is 0 Å². The van der Waals surface area contributed by atoms with Crippen LogP contribution in [0.5, 0.6) is 5.75 Å². The Hall–Kier alpha value is -2.05. The highest BCUT2D eigenvalue weighted by molar-refractivity contribution is 5.82. The predicted octanol–water partition coefficient (Wildman–Crippen LogP) is 1.13. The second-order valence-electron chi connectivity index (χ2n) is 5.08. The summed E-state index contributed by atoms with van der Waals surface area (Å²) in [7, 11) is 1.80. The van der Waals surface area contributed by atoms with Crippen LogP contribution in [0.4, 0.5) is 0 Å². The Balaban J connectivity index is 2.75. The summed E-state index contributed by atoms with van der Waals surface area (Å²) < 4.78 is 7.22. The Morgan fingerprint density at radius 3 is 2.48 bits per heavy atom. The molecular formula is C14H23N3O4. The zero-order chi connectivity index (χ0) is 16.2. The fraction of sp³-hybridized carbons (Fsp3) is 0.643. The molecule has 0 aliphatic rings. The van der Waals surface area contributed by atoms with E-state index in [1.54, 1.807) is 18.7 Å². The first-order valence-corrected chi connectivity index (χ1v) is 6.92. The summed E-state index contributed by atoms with van der Waals surface area (Å²) in [4.78, 5) is 24.4. The molecule has 1 aromatic rings. The molecule has 0 aromatic carbocycles. The van der Waals surface area contributed by atoms with Crippen LogP contribution in [0.2, 0.25) is 0 Å². The van der Waals surface area contributed by atoms with Gasteiger partial charge in [0, 0.05) is 13.1 Å². The molecule has 0 radical (unpaired) electrons. The fourth-order valence-corrected chi connectivity index (χ4v) is 2.04. The summed E-state index contributed by atoms with van der Waals surface area (Å²) in [6.07, 6.45) is 0.684. The summed E-state index contributed by atoms with van der Waals surface area (Å²) in [5.41, 5.74) is 1.53. The Kier molecular flexibility index (Phi) is 5.75. The van der Waals surface area contributed by atoms with Crippen LogP contribution in [-0.4, -0.2) is 50.9 Å². The molecule has 1 aromatic heterocycles. The van der Waals surface area contributed by atoms with Crippen LogP contribution in [0, 0.1) is 13.8 Å². The van der Waals surface area contributed by atoms with E-state index in [4.69, 9.17) is 9.84 Å². The van der Waals surface area contributed by atoms with Gasteiger partial charge in [-0.3, -0.25) is 14.3 Å². The van der Waals surface area contributed by atoms with Gasteiger partial charge in [-0.05, 0) is 27.2 Å². The molecule has 0 saturated heterocycles. The highest BCUT2D eigenvalue weighted by Gasteiger charge is 2.23. The molecule has 0 aliphatic carbocycles. The molecule has 1 heterocycles. The van der Waals surface area contributed by atoms with Crippen molar-refractivity contribution in [2.24, 2.45) is 7.05 Å². The van der Waals surface area contributed by atoms with Crippen molar-refractivity contribution in [3.63, 3.8) is 0 Å². The zero-order valence-electron chi connectivity index (χ0n) is 13.2. The summed E-state index contributed by atoms with van der Waals surface area (Å²) >= 11 is 0. The van der Waals surface area contributed by atoms with Crippen molar-refractivity contribution in [1.82, 2.24) is 14.7 Å². The number of aromatic nitrogens is 2. The van der Waals surface area contributed by atoms with Crippen LogP contribution in [0.25, 0.3) is 0 Å². The van der Waals surface area contributed by atoms with E-state index in [1.165, 1.54) is 4.90 Å². The third-order valence-electron chi connectivity index (χ3n) is 3.53. The number of nitrogens with zero attached hydrogens (tertiary/aromatic N) is 3. The van der Waals surface area contributed by atoms with Gasteiger partial charge in [0.1, 0.15) is 12.2 Å². The SMILES string of the molecule is CCC(C)N(CC(=O)O)C(=O)COc1c(C)nn(C)c1C. The fourth-order valence-electron chi connectivity index (χ4n) is 2.04. The first-order valence-electron chi connectivity index (χ1n) is 6.92. The second-order valence-corrected chi connectivity index (χ2v) is 5.08. The van der Waals surface area contributed by atoms with Crippen LogP contribution < -0.4 is 4.74 Å². The van der Waals surface area contributed by atoms with Crippen molar-refractivity contribution in [2.75, 3.05) is 13.2 Å². The molecule has 1 atom stereocenters. The lowest BCUT2D eigenvalue weighted by Crippen LogP contribution is -2.44. The maximum absolute atomic E-state index is 12.2. The molecule has 1 N–H and O–H groups in total. The molecule has 1 rings (SSSR count). The van der Waals surface area contributed by atoms with Crippen LogP contribution >= 0.6 is 0 Å². The van der Waals surface area contributed by atoms with Gasteiger partial charge in [0.2, 0.25) is 0 Å². The first kappa shape index (κ1) is 17.0. The van der Waals surface area contributed by atoms with Gasteiger partial charge in [0.25, 0.3) is 5.91 Å². The van der Waals surface area contributed by atoms with Gasteiger partial charge in [0.05, 0.1) is 5.69 Å². The number of carbonyl (C=O) groups is 2. The lowest BCUT2D eigenvalue weighted by Gasteiger charge is -2.26. The average molecular weight is 297 g/mol. The van der Waals surface area contributed by atoms with Crippen LogP contribution in [0.1, 0.15) is 31.7 Å². The molecule has 7 heteroatoms. The van der Waals surface area contributed by atoms with Gasteiger partial charge in [-0.2, -0.15) is 5.10 Å². The topological polar surface area (TPSA) is 84.7 Å². The normalized spacial score (nSPS) is 12.0. The Bertz CT molecular complexity index is 525. The smallest absolute Gasteiger partial charge is 0.323 e. The molecule has 0 saturated carbocycles. The minimum absolute atomic E-state index is 0.145. The van der Waals surface area contributed by atoms with E-state index in [1.807, 2.05) is 20.8 Å². The van der Waals surface area contributed by atoms with Crippen molar-refractivity contribution in [3.05, 3.63) is 11.4 Å². The molecule has 0 bridgehead atoms. The lowest BCUT2D eigenvalue weighted by atomic mass is 10.2. The van der Waals surface area contributed by atoms with E-state index < -0.39 is 5.97 Å². The second kappa shape index (κ2) is 7.10. The monoisotopic (exact) mass is 297 g/mol. The van der Waals surface area contributed by atoms with Crippen molar-refractivity contribution < 1.29 is 19.4 Å². The Labute approximate surface area is 124 Å². The molecular weight excluding hydrogens is 274 g/mol. The van der Waals surface area contributed by atoms with Gasteiger partial charge >= 0.3 is 5.97 Å². The molecule has 1 amide bonds. The summed E-state index contributed by atoms with van der Waals surface area (Å²) in [5.74, 6) is -0.794. The molecule has 21 heavy (non-hydrogen) atoms. The number of carbonyl (C=O) groups excluding carboxylic acids is 1. The number of hydrogen-bond acceptors (Lipinski definition) is 4. The number of aliphatic carboxylic acids is 1. The van der Waals surface area contributed by atoms with Gasteiger partial charge in [-0.15, -0.1) is 0 Å². The number of carboxylic acids is 1. The largest absolute Gasteiger partial charge is 0.480 e. The molecule has 1 unspecified atom stereocenters. The zero-order valence-corrected chi connectivity index (χ0v) is 13.2. The number of aryl methyl sites for hydroxylation is 2. The highest BCUT2D eigenvalue weighted by Crippen LogP contribution is 2.21. The predicted molar refractivity (Wildman–Crippen MR) is 77.3 cm³/mol. The minimum atomic E-state index is -1.03. The van der Waals surface area contributed by atoms with E-state index in [2.05, 4.69) is 5.10 Å². The number of amides is 1. The number of carboxylic acid groups (broad SMARTS) is 1. The van der Waals surface area contributed by atoms with E-state index in [0.29, 0.717) is 17.9 Å². The average Bonchev–Trinajstić information content (AvgIpc) is 2.66. The summed E-state index contributed by atoms with van der Waals surface area (Å²) in [6, 6.07) is -0.145. The number of ether oxygens (including phenoxy) is 1. The minimum Gasteiger partial charge on any atom is -0.480 e. The highest BCUT2D eigenvalue weighted by atomic mass is 16.5. The van der Waals surface area contributed by atoms with Crippen molar-refractivity contribution in [1.29, 1.82) is 0 Å². The van der Waals surface area contributed by atoms with Gasteiger partial charge in [0.15, 0.2) is 12.4 Å². The molecule has 7 nitrogen and oxygen atoms in total. The van der Waals surface area contributed by atoms with Gasteiger partial charge in [-0.25, -0.2) is 0 Å². The lowest BCUT2D eigenvalue weighted by molar-refractivity contribution is -0.147. The maximum atomic E-state index is 12.2. The van der Waals surface area contributed by atoms with Gasteiger partial charge < -0.3 is 14.7 Å². The number of rotatable bonds is 7. The van der Waals surface area contributed by atoms with Crippen LogP contribution in [0.15, 0.2) is 0 Å². The standard InChI is InChI=1S/C14H23N3O4/c1-6-9(2)17(7-13(19)20)12(18)8-21-14-10(3)15-16(5)11(14)4/h9H,6-8H2,1-5H3,(H,19,20). The summed E-state index contributed by atoms with van der Waals surface area (Å²) in [5, 5.41) is 13.1. The summed E-state index contributed by atoms with van der Waals surface area (Å²) in [6.45, 7) is 6.87. The maximum Gasteiger partial charge on any atom is 0.323 e. The molecule has 0 aliphatic heterocycles. The van der Waals surface area contributed by atoms with E-state index in [-0.39, 0.29) is 25.1 Å². The van der Waals surface area contributed by atoms with E-state index >= 15 is 0 Å². The van der Waals surface area contributed by atoms with Crippen molar-refractivity contribution in [2.45, 2.75) is 40.2 Å². The Morgan fingerprint density at radius 2 is 2.05 bits per heavy atom. The quantitative estimate of drug-likeness (QED) is 0.815. The first-order chi connectivity index (χ1) is 9.77.